The molecule has 1 aliphatic carbocycles. The number of carbonyl (C=O) groups excluding carboxylic acids is 1. The van der Waals surface area contributed by atoms with Crippen molar-refractivity contribution in [1.82, 2.24) is 15.1 Å². The summed E-state index contributed by atoms with van der Waals surface area (Å²) in [5.41, 5.74) is 0. The van der Waals surface area contributed by atoms with Gasteiger partial charge in [-0.05, 0) is 19.8 Å². The number of carbonyl (C=O) groups is 1. The molecule has 0 unspecified atom stereocenters. The second-order valence-electron chi connectivity index (χ2n) is 5.22. The van der Waals surface area contributed by atoms with Crippen LogP contribution in [0.3, 0.4) is 0 Å². The topological polar surface area (TPSA) is 68.5 Å². The Morgan fingerprint density at radius 2 is 2.10 bits per heavy atom. The van der Waals surface area contributed by atoms with Gasteiger partial charge in [0.25, 0.3) is 0 Å². The van der Waals surface area contributed by atoms with Crippen LogP contribution in [0.2, 0.25) is 0 Å². The second kappa shape index (κ2) is 7.38. The van der Waals surface area contributed by atoms with Crippen LogP contribution in [0.1, 0.15) is 50.8 Å². The van der Waals surface area contributed by atoms with E-state index in [1.165, 1.54) is 19.3 Å². The maximum atomic E-state index is 11.8. The quantitative estimate of drug-likeness (QED) is 0.744. The van der Waals surface area contributed by atoms with Crippen molar-refractivity contribution in [1.29, 1.82) is 0 Å². The van der Waals surface area contributed by atoms with Crippen molar-refractivity contribution in [2.24, 2.45) is 0 Å². The lowest BCUT2D eigenvalue weighted by Crippen LogP contribution is -2.40. The van der Waals surface area contributed by atoms with Gasteiger partial charge in [-0.25, -0.2) is 0 Å². The summed E-state index contributed by atoms with van der Waals surface area (Å²) in [6.45, 7) is 4.82. The highest BCUT2D eigenvalue weighted by Crippen LogP contribution is 2.23. The first-order chi connectivity index (χ1) is 9.69. The molecule has 1 aromatic heterocycles. The standard InChI is InChI=1S/C14H23N3O3/c1-3-19-14(18)10-17(12-7-5-4-6-8-12)9-13-16-15-11(2)20-13/h12H,3-10H2,1-2H3. The van der Waals surface area contributed by atoms with Gasteiger partial charge in [0.1, 0.15) is 0 Å². The Labute approximate surface area is 119 Å². The maximum Gasteiger partial charge on any atom is 0.320 e. The Morgan fingerprint density at radius 1 is 1.35 bits per heavy atom. The molecule has 0 N–H and O–H groups in total. The van der Waals surface area contributed by atoms with Crippen molar-refractivity contribution in [3.05, 3.63) is 11.8 Å². The van der Waals surface area contributed by atoms with Crippen molar-refractivity contribution < 1.29 is 13.9 Å². The molecule has 1 heterocycles. The molecule has 0 atom stereocenters. The van der Waals surface area contributed by atoms with Gasteiger partial charge >= 0.3 is 5.97 Å². The Balaban J connectivity index is 2.00. The third kappa shape index (κ3) is 4.30. The smallest absolute Gasteiger partial charge is 0.320 e. The van der Waals surface area contributed by atoms with E-state index in [9.17, 15) is 4.79 Å². The van der Waals surface area contributed by atoms with E-state index >= 15 is 0 Å². The van der Waals surface area contributed by atoms with Gasteiger partial charge < -0.3 is 9.15 Å². The number of esters is 1. The Kier molecular flexibility index (Phi) is 5.52. The van der Waals surface area contributed by atoms with Gasteiger partial charge in [0.2, 0.25) is 11.8 Å². The Morgan fingerprint density at radius 3 is 2.70 bits per heavy atom. The van der Waals surface area contributed by atoms with E-state index in [4.69, 9.17) is 9.15 Å². The molecule has 112 valence electrons. The summed E-state index contributed by atoms with van der Waals surface area (Å²) in [6.07, 6.45) is 5.95. The van der Waals surface area contributed by atoms with Gasteiger partial charge in [0.05, 0.1) is 19.7 Å². The van der Waals surface area contributed by atoms with Crippen LogP contribution < -0.4 is 0 Å². The Hall–Kier alpha value is -1.43. The molecule has 1 saturated carbocycles. The van der Waals surface area contributed by atoms with E-state index in [-0.39, 0.29) is 5.97 Å². The van der Waals surface area contributed by atoms with Crippen LogP contribution in [0.4, 0.5) is 0 Å². The van der Waals surface area contributed by atoms with Gasteiger partial charge in [0, 0.05) is 13.0 Å². The average Bonchev–Trinajstić information content (AvgIpc) is 2.85. The summed E-state index contributed by atoms with van der Waals surface area (Å²) in [6, 6.07) is 0.403. The molecule has 0 spiro atoms. The second-order valence-corrected chi connectivity index (χ2v) is 5.22. The molecule has 2 rings (SSSR count). The largest absolute Gasteiger partial charge is 0.465 e. The number of hydrogen-bond donors (Lipinski definition) is 0. The summed E-state index contributed by atoms with van der Waals surface area (Å²) in [5, 5.41) is 7.86. The first kappa shape index (κ1) is 15.0. The molecule has 1 fully saturated rings. The average molecular weight is 281 g/mol. The summed E-state index contributed by atoms with van der Waals surface area (Å²) < 4.78 is 10.5. The van der Waals surface area contributed by atoms with E-state index < -0.39 is 0 Å². The van der Waals surface area contributed by atoms with Gasteiger partial charge in [-0.3, -0.25) is 9.69 Å². The maximum absolute atomic E-state index is 11.8. The van der Waals surface area contributed by atoms with Crippen LogP contribution in [0.5, 0.6) is 0 Å². The molecule has 1 aromatic rings. The van der Waals surface area contributed by atoms with Crippen LogP contribution in [-0.4, -0.2) is 40.3 Å². The highest BCUT2D eigenvalue weighted by atomic mass is 16.5. The number of ether oxygens (including phenoxy) is 1. The highest BCUT2D eigenvalue weighted by molar-refractivity contribution is 5.71. The molecule has 0 amide bonds. The van der Waals surface area contributed by atoms with Crippen LogP contribution in [0, 0.1) is 6.92 Å². The molecule has 0 bridgehead atoms. The van der Waals surface area contributed by atoms with Crippen molar-refractivity contribution >= 4 is 5.97 Å². The third-order valence-corrected chi connectivity index (χ3v) is 3.63. The van der Waals surface area contributed by atoms with E-state index in [1.54, 1.807) is 6.92 Å². The minimum Gasteiger partial charge on any atom is -0.465 e. The molecule has 20 heavy (non-hydrogen) atoms. The Bertz CT molecular complexity index is 427. The van der Waals surface area contributed by atoms with Crippen LogP contribution in [-0.2, 0) is 16.1 Å². The SMILES string of the molecule is CCOC(=O)CN(Cc1nnc(C)o1)C1CCCCC1. The lowest BCUT2D eigenvalue weighted by atomic mass is 9.94. The zero-order valence-electron chi connectivity index (χ0n) is 12.3. The molecule has 0 aliphatic heterocycles. The number of hydrogen-bond acceptors (Lipinski definition) is 6. The molecular formula is C14H23N3O3. The lowest BCUT2D eigenvalue weighted by Gasteiger charge is -2.32. The van der Waals surface area contributed by atoms with Crippen LogP contribution in [0.25, 0.3) is 0 Å². The fourth-order valence-corrected chi connectivity index (χ4v) is 2.71. The van der Waals surface area contributed by atoms with Gasteiger partial charge in [-0.15, -0.1) is 10.2 Å². The van der Waals surface area contributed by atoms with Crippen LogP contribution in [0.15, 0.2) is 4.42 Å². The van der Waals surface area contributed by atoms with Gasteiger partial charge in [0.15, 0.2) is 0 Å². The van der Waals surface area contributed by atoms with E-state index in [0.29, 0.717) is 37.5 Å². The molecule has 0 aromatic carbocycles. The van der Waals surface area contributed by atoms with Crippen molar-refractivity contribution in [2.45, 2.75) is 58.5 Å². The van der Waals surface area contributed by atoms with Crippen molar-refractivity contribution in [2.75, 3.05) is 13.2 Å². The van der Waals surface area contributed by atoms with Gasteiger partial charge in [-0.1, -0.05) is 19.3 Å². The number of rotatable bonds is 6. The molecule has 0 saturated heterocycles. The van der Waals surface area contributed by atoms with E-state index in [0.717, 1.165) is 12.8 Å². The molecule has 6 nitrogen and oxygen atoms in total. The van der Waals surface area contributed by atoms with E-state index in [1.807, 2.05) is 6.92 Å². The first-order valence-electron chi connectivity index (χ1n) is 7.37. The van der Waals surface area contributed by atoms with Crippen molar-refractivity contribution in [3.63, 3.8) is 0 Å². The third-order valence-electron chi connectivity index (χ3n) is 3.63. The van der Waals surface area contributed by atoms with Gasteiger partial charge in [-0.2, -0.15) is 0 Å². The number of aryl methyl sites for hydroxylation is 1. The molecule has 6 heteroatoms. The molecule has 1 aliphatic rings. The predicted octanol–water partition coefficient (Wildman–Crippen LogP) is 2.08. The molecule has 0 radical (unpaired) electrons. The number of nitrogens with zero attached hydrogens (tertiary/aromatic N) is 3. The van der Waals surface area contributed by atoms with Crippen molar-refractivity contribution in [3.8, 4) is 0 Å². The normalized spacial score (nSPS) is 16.6. The summed E-state index contributed by atoms with van der Waals surface area (Å²) in [5.74, 6) is 0.936. The zero-order chi connectivity index (χ0) is 14.4. The monoisotopic (exact) mass is 281 g/mol. The fraction of sp³-hybridized carbons (Fsp3) is 0.786. The van der Waals surface area contributed by atoms with E-state index in [2.05, 4.69) is 15.1 Å². The minimum absolute atomic E-state index is 0.186. The number of aromatic nitrogens is 2. The summed E-state index contributed by atoms with van der Waals surface area (Å²) >= 11 is 0. The van der Waals surface area contributed by atoms with Crippen LogP contribution >= 0.6 is 0 Å². The fourth-order valence-electron chi connectivity index (χ4n) is 2.71. The predicted molar refractivity (Wildman–Crippen MR) is 73.0 cm³/mol. The first-order valence-corrected chi connectivity index (χ1v) is 7.37. The minimum atomic E-state index is -0.186. The lowest BCUT2D eigenvalue weighted by molar-refractivity contribution is -0.145. The summed E-state index contributed by atoms with van der Waals surface area (Å²) in [7, 11) is 0. The summed E-state index contributed by atoms with van der Waals surface area (Å²) in [4.78, 5) is 13.9. The zero-order valence-corrected chi connectivity index (χ0v) is 12.3. The molecular weight excluding hydrogens is 258 g/mol. The highest BCUT2D eigenvalue weighted by Gasteiger charge is 2.25.